The second-order valence-electron chi connectivity index (χ2n) is 5.76. The molecule has 0 aliphatic carbocycles. The Morgan fingerprint density at radius 1 is 1.00 bits per heavy atom. The number of halogens is 1. The van der Waals surface area contributed by atoms with Crippen LogP contribution in [-0.2, 0) is 12.8 Å². The van der Waals surface area contributed by atoms with E-state index in [1.54, 1.807) is 12.1 Å². The van der Waals surface area contributed by atoms with E-state index >= 15 is 0 Å². The van der Waals surface area contributed by atoms with Gasteiger partial charge in [0.2, 0.25) is 5.75 Å². The number of aryl methyl sites for hydroxylation is 2. The first-order chi connectivity index (χ1) is 12.6. The number of methoxy groups -OCH3 is 2. The van der Waals surface area contributed by atoms with Crippen LogP contribution in [0.25, 0.3) is 5.69 Å². The van der Waals surface area contributed by atoms with Crippen LogP contribution in [-0.4, -0.2) is 24.0 Å². The Morgan fingerprint density at radius 3 is 2.35 bits per heavy atom. The molecule has 0 amide bonds. The fourth-order valence-corrected chi connectivity index (χ4v) is 2.76. The summed E-state index contributed by atoms with van der Waals surface area (Å²) in [5, 5.41) is 4.15. The van der Waals surface area contributed by atoms with Gasteiger partial charge in [0.25, 0.3) is 0 Å². The molecule has 0 aliphatic rings. The molecule has 1 heterocycles. The second-order valence-corrected chi connectivity index (χ2v) is 5.76. The summed E-state index contributed by atoms with van der Waals surface area (Å²) in [6.07, 6.45) is 2.87. The van der Waals surface area contributed by atoms with Crippen LogP contribution in [0.3, 0.4) is 0 Å². The van der Waals surface area contributed by atoms with Gasteiger partial charge in [-0.3, -0.25) is 4.79 Å². The maximum Gasteiger partial charge on any atom is 0.317 e. The zero-order valence-corrected chi connectivity index (χ0v) is 14.6. The van der Waals surface area contributed by atoms with Crippen LogP contribution in [0.2, 0.25) is 0 Å². The van der Waals surface area contributed by atoms with Crippen molar-refractivity contribution in [3.05, 3.63) is 82.0 Å². The maximum atomic E-state index is 13.3. The molecule has 1 aromatic heterocycles. The van der Waals surface area contributed by atoms with Crippen LogP contribution in [0.15, 0.2) is 59.5 Å². The van der Waals surface area contributed by atoms with Crippen molar-refractivity contribution in [2.75, 3.05) is 14.2 Å². The molecule has 0 aliphatic heterocycles. The van der Waals surface area contributed by atoms with E-state index in [0.29, 0.717) is 12.1 Å². The Bertz CT molecular complexity index is 969. The van der Waals surface area contributed by atoms with Gasteiger partial charge in [0, 0.05) is 0 Å². The largest absolute Gasteiger partial charge is 0.491 e. The van der Waals surface area contributed by atoms with E-state index in [1.807, 2.05) is 24.3 Å². The lowest BCUT2D eigenvalue weighted by Gasteiger charge is -2.11. The van der Waals surface area contributed by atoms with E-state index in [0.717, 1.165) is 17.5 Å². The number of rotatable bonds is 6. The molecule has 3 rings (SSSR count). The quantitative estimate of drug-likeness (QED) is 0.682. The summed E-state index contributed by atoms with van der Waals surface area (Å²) < 4.78 is 24.8. The molecule has 2 aromatic carbocycles. The monoisotopic (exact) mass is 354 g/mol. The predicted octanol–water partition coefficient (Wildman–Crippen LogP) is 3.17. The lowest BCUT2D eigenvalue weighted by atomic mass is 10.0. The van der Waals surface area contributed by atoms with Crippen LogP contribution >= 0.6 is 0 Å². The first-order valence-corrected chi connectivity index (χ1v) is 8.16. The van der Waals surface area contributed by atoms with Crippen molar-refractivity contribution in [3.8, 4) is 17.2 Å². The molecule has 134 valence electrons. The minimum atomic E-state index is -0.394. The third kappa shape index (κ3) is 3.74. The molecule has 0 saturated heterocycles. The van der Waals surface area contributed by atoms with Gasteiger partial charge in [-0.15, -0.1) is 0 Å². The molecular weight excluding hydrogens is 335 g/mol. The van der Waals surface area contributed by atoms with Crippen LogP contribution in [0.5, 0.6) is 11.5 Å². The van der Waals surface area contributed by atoms with Crippen molar-refractivity contribution in [2.45, 2.75) is 12.8 Å². The summed E-state index contributed by atoms with van der Waals surface area (Å²) in [4.78, 5) is 12.6. The standard InChI is InChI=1S/C20H19FN2O3/c1-25-18-13-22-23(20(24)19(18)26-2)17-8-4-6-15(12-17)10-9-14-5-3-7-16(21)11-14/h3-8,11-13H,9-10H2,1-2H3. The smallest absolute Gasteiger partial charge is 0.317 e. The Hall–Kier alpha value is -3.15. The molecule has 6 heteroatoms. The average Bonchev–Trinajstić information content (AvgIpc) is 2.66. The minimum Gasteiger partial charge on any atom is -0.491 e. The first-order valence-electron chi connectivity index (χ1n) is 8.16. The van der Waals surface area contributed by atoms with Crippen LogP contribution in [0.4, 0.5) is 4.39 Å². The molecule has 0 unspecified atom stereocenters. The summed E-state index contributed by atoms with van der Waals surface area (Å²) in [6.45, 7) is 0. The molecule has 0 atom stereocenters. The van der Waals surface area contributed by atoms with Gasteiger partial charge in [0.05, 0.1) is 26.1 Å². The second kappa shape index (κ2) is 7.82. The summed E-state index contributed by atoms with van der Waals surface area (Å²) in [6, 6.07) is 14.1. The van der Waals surface area contributed by atoms with Gasteiger partial charge in [0.1, 0.15) is 5.82 Å². The first kappa shape index (κ1) is 17.7. The lowest BCUT2D eigenvalue weighted by Crippen LogP contribution is -2.22. The number of aromatic nitrogens is 2. The van der Waals surface area contributed by atoms with E-state index in [2.05, 4.69) is 5.10 Å². The highest BCUT2D eigenvalue weighted by atomic mass is 19.1. The third-order valence-electron chi connectivity index (χ3n) is 4.07. The molecular formula is C20H19FN2O3. The van der Waals surface area contributed by atoms with E-state index in [1.165, 1.54) is 37.2 Å². The number of hydrogen-bond acceptors (Lipinski definition) is 4. The molecule has 0 fully saturated rings. The lowest BCUT2D eigenvalue weighted by molar-refractivity contribution is 0.344. The number of hydrogen-bond donors (Lipinski definition) is 0. The van der Waals surface area contributed by atoms with Crippen molar-refractivity contribution in [1.29, 1.82) is 0 Å². The molecule has 0 N–H and O–H groups in total. The normalized spacial score (nSPS) is 10.6. The van der Waals surface area contributed by atoms with Crippen LogP contribution < -0.4 is 15.0 Å². The van der Waals surface area contributed by atoms with Crippen LogP contribution in [0.1, 0.15) is 11.1 Å². The van der Waals surface area contributed by atoms with Gasteiger partial charge in [-0.25, -0.2) is 4.39 Å². The van der Waals surface area contributed by atoms with Gasteiger partial charge >= 0.3 is 5.56 Å². The highest BCUT2D eigenvalue weighted by Crippen LogP contribution is 2.21. The minimum absolute atomic E-state index is 0.104. The van der Waals surface area contributed by atoms with Crippen molar-refractivity contribution >= 4 is 0 Å². The SMILES string of the molecule is COc1cnn(-c2cccc(CCc3cccc(F)c3)c2)c(=O)c1OC. The van der Waals surface area contributed by atoms with Crippen LogP contribution in [0, 0.1) is 5.82 Å². The molecule has 0 bridgehead atoms. The molecule has 0 saturated carbocycles. The molecule has 5 nitrogen and oxygen atoms in total. The Labute approximate surface area is 150 Å². The number of nitrogens with zero attached hydrogens (tertiary/aromatic N) is 2. The Kier molecular flexibility index (Phi) is 5.31. The predicted molar refractivity (Wildman–Crippen MR) is 96.7 cm³/mol. The summed E-state index contributed by atoms with van der Waals surface area (Å²) >= 11 is 0. The zero-order valence-electron chi connectivity index (χ0n) is 14.6. The topological polar surface area (TPSA) is 53.4 Å². The number of ether oxygens (including phenoxy) is 2. The van der Waals surface area contributed by atoms with Gasteiger partial charge in [-0.05, 0) is 48.2 Å². The van der Waals surface area contributed by atoms with E-state index in [-0.39, 0.29) is 17.3 Å². The fraction of sp³-hybridized carbons (Fsp3) is 0.200. The Balaban J connectivity index is 1.87. The fourth-order valence-electron chi connectivity index (χ4n) is 2.76. The average molecular weight is 354 g/mol. The molecule has 0 spiro atoms. The van der Waals surface area contributed by atoms with Crippen molar-refractivity contribution < 1.29 is 13.9 Å². The zero-order chi connectivity index (χ0) is 18.5. The molecule has 3 aromatic rings. The third-order valence-corrected chi connectivity index (χ3v) is 4.07. The van der Waals surface area contributed by atoms with Gasteiger partial charge < -0.3 is 9.47 Å². The highest BCUT2D eigenvalue weighted by molar-refractivity contribution is 5.40. The van der Waals surface area contributed by atoms with Gasteiger partial charge in [-0.2, -0.15) is 9.78 Å². The van der Waals surface area contributed by atoms with Crippen molar-refractivity contribution in [1.82, 2.24) is 9.78 Å². The Morgan fingerprint density at radius 2 is 1.69 bits per heavy atom. The van der Waals surface area contributed by atoms with Gasteiger partial charge in [-0.1, -0.05) is 24.3 Å². The summed E-state index contributed by atoms with van der Waals surface area (Å²) in [5.74, 6) is 0.154. The maximum absolute atomic E-state index is 13.3. The molecule has 0 radical (unpaired) electrons. The van der Waals surface area contributed by atoms with E-state index < -0.39 is 5.56 Å². The van der Waals surface area contributed by atoms with Gasteiger partial charge in [0.15, 0.2) is 5.75 Å². The molecule has 26 heavy (non-hydrogen) atoms. The highest BCUT2D eigenvalue weighted by Gasteiger charge is 2.13. The summed E-state index contributed by atoms with van der Waals surface area (Å²) in [7, 11) is 2.87. The van der Waals surface area contributed by atoms with E-state index in [4.69, 9.17) is 9.47 Å². The van der Waals surface area contributed by atoms with Crippen molar-refractivity contribution in [3.63, 3.8) is 0 Å². The number of benzene rings is 2. The summed E-state index contributed by atoms with van der Waals surface area (Å²) in [5.41, 5.74) is 2.19. The van der Waals surface area contributed by atoms with E-state index in [9.17, 15) is 9.18 Å². The van der Waals surface area contributed by atoms with Crippen molar-refractivity contribution in [2.24, 2.45) is 0 Å².